The number of methoxy groups -OCH3 is 1. The molecule has 0 saturated carbocycles. The van der Waals surface area contributed by atoms with Crippen LogP contribution in [-0.2, 0) is 4.79 Å². The molecule has 2 aromatic rings. The number of hydrogen-bond acceptors (Lipinski definition) is 5. The quantitative estimate of drug-likeness (QED) is 0.826. The van der Waals surface area contributed by atoms with E-state index in [1.807, 2.05) is 0 Å². The number of thioether (sulfide) groups is 1. The van der Waals surface area contributed by atoms with Crippen LogP contribution >= 0.6 is 11.8 Å². The van der Waals surface area contributed by atoms with Crippen molar-refractivity contribution in [3.63, 3.8) is 0 Å². The number of carbonyl (C=O) groups is 1. The molecule has 0 saturated heterocycles. The van der Waals surface area contributed by atoms with Gasteiger partial charge in [0, 0.05) is 11.9 Å². The molecule has 0 aliphatic carbocycles. The van der Waals surface area contributed by atoms with Crippen molar-refractivity contribution in [2.24, 2.45) is 0 Å². The number of anilines is 2. The number of amides is 1. The van der Waals surface area contributed by atoms with Crippen LogP contribution in [0.15, 0.2) is 47.6 Å². The average Bonchev–Trinajstić information content (AvgIpc) is 2.47. The summed E-state index contributed by atoms with van der Waals surface area (Å²) in [4.78, 5) is 15.9. The lowest BCUT2D eigenvalue weighted by Gasteiger charge is -2.06. The van der Waals surface area contributed by atoms with Gasteiger partial charge in [-0.3, -0.25) is 4.79 Å². The summed E-state index contributed by atoms with van der Waals surface area (Å²) in [5.74, 6) is 0.900. The Morgan fingerprint density at radius 2 is 2.10 bits per heavy atom. The smallest absolute Gasteiger partial charge is 0.234 e. The number of benzene rings is 1. The van der Waals surface area contributed by atoms with E-state index in [-0.39, 0.29) is 11.7 Å². The first-order valence-corrected chi connectivity index (χ1v) is 6.95. The number of rotatable bonds is 5. The zero-order valence-electron chi connectivity index (χ0n) is 11.0. The molecule has 104 valence electrons. The van der Waals surface area contributed by atoms with Gasteiger partial charge in [-0.25, -0.2) is 4.98 Å². The monoisotopic (exact) mass is 289 g/mol. The van der Waals surface area contributed by atoms with Crippen LogP contribution in [0, 0.1) is 0 Å². The Kier molecular flexibility index (Phi) is 4.84. The predicted molar refractivity (Wildman–Crippen MR) is 81.0 cm³/mol. The molecule has 1 heterocycles. The Morgan fingerprint density at radius 1 is 1.35 bits per heavy atom. The number of hydrogen-bond donors (Lipinski definition) is 2. The Labute approximate surface area is 121 Å². The summed E-state index contributed by atoms with van der Waals surface area (Å²) in [6.07, 6.45) is 1.65. The molecule has 0 radical (unpaired) electrons. The summed E-state index contributed by atoms with van der Waals surface area (Å²) in [5.41, 5.74) is 7.07. The number of aromatic nitrogens is 1. The van der Waals surface area contributed by atoms with E-state index < -0.39 is 0 Å². The Bertz CT molecular complexity index is 587. The summed E-state index contributed by atoms with van der Waals surface area (Å²) < 4.78 is 5.05. The zero-order chi connectivity index (χ0) is 14.4. The first-order chi connectivity index (χ1) is 9.69. The van der Waals surface area contributed by atoms with Gasteiger partial charge < -0.3 is 15.8 Å². The molecule has 2 rings (SSSR count). The summed E-state index contributed by atoms with van der Waals surface area (Å²) >= 11 is 1.31. The predicted octanol–water partition coefficient (Wildman–Crippen LogP) is 2.40. The fraction of sp³-hybridized carbons (Fsp3) is 0.143. The lowest BCUT2D eigenvalue weighted by atomic mass is 10.3. The van der Waals surface area contributed by atoms with Crippen molar-refractivity contribution in [1.82, 2.24) is 4.98 Å². The topological polar surface area (TPSA) is 77.2 Å². The fourth-order valence-electron chi connectivity index (χ4n) is 1.53. The minimum Gasteiger partial charge on any atom is -0.497 e. The highest BCUT2D eigenvalue weighted by molar-refractivity contribution is 8.00. The number of nitrogen functional groups attached to an aromatic ring is 1. The van der Waals surface area contributed by atoms with Crippen LogP contribution in [0.4, 0.5) is 11.4 Å². The van der Waals surface area contributed by atoms with Gasteiger partial charge in [-0.1, -0.05) is 11.8 Å². The van der Waals surface area contributed by atoms with Gasteiger partial charge >= 0.3 is 0 Å². The Hall–Kier alpha value is -2.21. The number of carbonyl (C=O) groups excluding carboxylic acids is 1. The second kappa shape index (κ2) is 6.81. The van der Waals surface area contributed by atoms with Gasteiger partial charge in [0.15, 0.2) is 0 Å². The van der Waals surface area contributed by atoms with Gasteiger partial charge in [0.2, 0.25) is 5.91 Å². The molecule has 0 spiro atoms. The van der Waals surface area contributed by atoms with Gasteiger partial charge in [0.1, 0.15) is 10.8 Å². The molecule has 0 bridgehead atoms. The third-order valence-electron chi connectivity index (χ3n) is 2.51. The van der Waals surface area contributed by atoms with Crippen molar-refractivity contribution < 1.29 is 9.53 Å². The van der Waals surface area contributed by atoms with Crippen LogP contribution in [0.1, 0.15) is 0 Å². The van der Waals surface area contributed by atoms with Crippen LogP contribution in [0.5, 0.6) is 5.75 Å². The highest BCUT2D eigenvalue weighted by Gasteiger charge is 2.06. The number of ether oxygens (including phenoxy) is 1. The van der Waals surface area contributed by atoms with E-state index in [0.717, 1.165) is 11.4 Å². The molecular formula is C14H15N3O2S. The number of nitrogens with zero attached hydrogens (tertiary/aromatic N) is 1. The van der Waals surface area contributed by atoms with Gasteiger partial charge in [-0.05, 0) is 36.4 Å². The largest absolute Gasteiger partial charge is 0.497 e. The maximum Gasteiger partial charge on any atom is 0.234 e. The van der Waals surface area contributed by atoms with Crippen molar-refractivity contribution >= 4 is 29.0 Å². The third-order valence-corrected chi connectivity index (χ3v) is 3.54. The molecular weight excluding hydrogens is 274 g/mol. The Morgan fingerprint density at radius 3 is 2.75 bits per heavy atom. The van der Waals surface area contributed by atoms with Crippen LogP contribution in [0.3, 0.4) is 0 Å². The van der Waals surface area contributed by atoms with E-state index in [1.54, 1.807) is 49.7 Å². The van der Waals surface area contributed by atoms with Crippen molar-refractivity contribution in [2.75, 3.05) is 23.9 Å². The highest BCUT2D eigenvalue weighted by Crippen LogP contribution is 2.22. The molecule has 20 heavy (non-hydrogen) atoms. The molecule has 6 heteroatoms. The van der Waals surface area contributed by atoms with Gasteiger partial charge in [0.25, 0.3) is 0 Å². The molecule has 0 unspecified atom stereocenters. The SMILES string of the molecule is COc1ccc(NC(=O)CSc2ncccc2N)cc1. The van der Waals surface area contributed by atoms with Crippen LogP contribution in [0.2, 0.25) is 0 Å². The number of nitrogens with two attached hydrogens (primary N) is 1. The maximum absolute atomic E-state index is 11.8. The van der Waals surface area contributed by atoms with E-state index in [1.165, 1.54) is 11.8 Å². The normalized spacial score (nSPS) is 10.1. The van der Waals surface area contributed by atoms with Gasteiger partial charge in [-0.15, -0.1) is 0 Å². The van der Waals surface area contributed by atoms with Crippen molar-refractivity contribution in [1.29, 1.82) is 0 Å². The van der Waals surface area contributed by atoms with E-state index in [4.69, 9.17) is 10.5 Å². The van der Waals surface area contributed by atoms with Crippen molar-refractivity contribution in [2.45, 2.75) is 5.03 Å². The summed E-state index contributed by atoms with van der Waals surface area (Å²) in [7, 11) is 1.60. The second-order valence-corrected chi connectivity index (χ2v) is 4.93. The summed E-state index contributed by atoms with van der Waals surface area (Å²) in [6, 6.07) is 10.7. The summed E-state index contributed by atoms with van der Waals surface area (Å²) in [6.45, 7) is 0. The molecule has 0 atom stereocenters. The van der Waals surface area contributed by atoms with Crippen molar-refractivity contribution in [3.05, 3.63) is 42.6 Å². The molecule has 3 N–H and O–H groups in total. The summed E-state index contributed by atoms with van der Waals surface area (Å²) in [5, 5.41) is 3.46. The number of pyridine rings is 1. The molecule has 5 nitrogen and oxygen atoms in total. The van der Waals surface area contributed by atoms with E-state index in [2.05, 4.69) is 10.3 Å². The fourth-order valence-corrected chi connectivity index (χ4v) is 2.24. The van der Waals surface area contributed by atoms with Crippen LogP contribution in [-0.4, -0.2) is 23.8 Å². The Balaban J connectivity index is 1.87. The molecule has 0 fully saturated rings. The first-order valence-electron chi connectivity index (χ1n) is 5.96. The van der Waals surface area contributed by atoms with E-state index in [0.29, 0.717) is 10.7 Å². The lowest BCUT2D eigenvalue weighted by molar-refractivity contribution is -0.113. The molecule has 1 amide bonds. The number of nitrogens with one attached hydrogen (secondary N) is 1. The third kappa shape index (κ3) is 3.89. The van der Waals surface area contributed by atoms with E-state index >= 15 is 0 Å². The molecule has 0 aliphatic rings. The average molecular weight is 289 g/mol. The zero-order valence-corrected chi connectivity index (χ0v) is 11.8. The highest BCUT2D eigenvalue weighted by atomic mass is 32.2. The lowest BCUT2D eigenvalue weighted by Crippen LogP contribution is -2.14. The maximum atomic E-state index is 11.8. The standard InChI is InChI=1S/C14H15N3O2S/c1-19-11-6-4-10(5-7-11)17-13(18)9-20-14-12(15)3-2-8-16-14/h2-8H,9,15H2,1H3,(H,17,18). The molecule has 1 aromatic heterocycles. The molecule has 1 aromatic carbocycles. The van der Waals surface area contributed by atoms with Gasteiger partial charge in [-0.2, -0.15) is 0 Å². The van der Waals surface area contributed by atoms with Crippen LogP contribution < -0.4 is 15.8 Å². The van der Waals surface area contributed by atoms with Gasteiger partial charge in [0.05, 0.1) is 18.6 Å². The second-order valence-electron chi connectivity index (χ2n) is 3.96. The van der Waals surface area contributed by atoms with Crippen LogP contribution in [0.25, 0.3) is 0 Å². The minimum atomic E-state index is -0.106. The van der Waals surface area contributed by atoms with Crippen molar-refractivity contribution in [3.8, 4) is 5.75 Å². The van der Waals surface area contributed by atoms with E-state index in [9.17, 15) is 4.79 Å². The molecule has 0 aliphatic heterocycles. The minimum absolute atomic E-state index is 0.106. The first kappa shape index (κ1) is 14.2.